The predicted molar refractivity (Wildman–Crippen MR) is 121 cm³/mol. The third-order valence-electron chi connectivity index (χ3n) is 5.68. The van der Waals surface area contributed by atoms with Crippen LogP contribution < -0.4 is 16.6 Å². The van der Waals surface area contributed by atoms with Gasteiger partial charge in [-0.25, -0.2) is 19.4 Å². The number of aryl methyl sites for hydroxylation is 1. The summed E-state index contributed by atoms with van der Waals surface area (Å²) in [7, 11) is 0. The molecule has 168 valence electrons. The Labute approximate surface area is 188 Å². The van der Waals surface area contributed by atoms with Crippen LogP contribution in [0.4, 0.5) is 0 Å². The maximum Gasteiger partial charge on any atom is 0.329 e. The van der Waals surface area contributed by atoms with Crippen LogP contribution in [0.3, 0.4) is 0 Å². The van der Waals surface area contributed by atoms with Crippen LogP contribution in [0.2, 0.25) is 0 Å². The molecule has 0 bridgehead atoms. The molecule has 10 nitrogen and oxygen atoms in total. The smallest absolute Gasteiger partial charge is 0.329 e. The molecule has 0 saturated heterocycles. The van der Waals surface area contributed by atoms with Crippen LogP contribution in [0.1, 0.15) is 53.7 Å². The Morgan fingerprint density at radius 3 is 2.82 bits per heavy atom. The fourth-order valence-electron chi connectivity index (χ4n) is 3.93. The predicted octanol–water partition coefficient (Wildman–Crippen LogP) is 1.88. The van der Waals surface area contributed by atoms with E-state index in [9.17, 15) is 14.4 Å². The summed E-state index contributed by atoms with van der Waals surface area (Å²) in [6.45, 7) is 2.53. The molecule has 4 heterocycles. The van der Waals surface area contributed by atoms with E-state index in [1.165, 1.54) is 4.57 Å². The Balaban J connectivity index is 1.55. The van der Waals surface area contributed by atoms with Gasteiger partial charge in [0, 0.05) is 48.9 Å². The standard InChI is InChI=1S/C23H23N7O3/c1-2-10-29-20-18(22(32)28-23(29)33)16(12-17(27-20)14-6-7-14)21(31)25-13-15-5-3-8-24-19(15)30-11-4-9-26-30/h3-5,8-9,11-12,14H,2,6-7,10,13H2,1H3,(H,25,31)(H,28,32,33). The van der Waals surface area contributed by atoms with E-state index in [0.717, 1.165) is 24.1 Å². The zero-order valence-corrected chi connectivity index (χ0v) is 18.1. The van der Waals surface area contributed by atoms with Crippen molar-refractivity contribution in [2.24, 2.45) is 0 Å². The van der Waals surface area contributed by atoms with Crippen molar-refractivity contribution in [2.45, 2.75) is 45.2 Å². The van der Waals surface area contributed by atoms with Crippen LogP contribution in [0.25, 0.3) is 16.9 Å². The second kappa shape index (κ2) is 8.45. The van der Waals surface area contributed by atoms with Gasteiger partial charge in [-0.2, -0.15) is 5.10 Å². The molecule has 0 unspecified atom stereocenters. The molecule has 0 radical (unpaired) electrons. The van der Waals surface area contributed by atoms with E-state index in [4.69, 9.17) is 0 Å². The first-order valence-electron chi connectivity index (χ1n) is 11.0. The van der Waals surface area contributed by atoms with Crippen molar-refractivity contribution >= 4 is 16.9 Å². The molecule has 1 aliphatic rings. The van der Waals surface area contributed by atoms with Crippen molar-refractivity contribution < 1.29 is 4.79 Å². The lowest BCUT2D eigenvalue weighted by atomic mass is 10.1. The van der Waals surface area contributed by atoms with E-state index in [1.54, 1.807) is 41.5 Å². The summed E-state index contributed by atoms with van der Waals surface area (Å²) < 4.78 is 3.07. The highest BCUT2D eigenvalue weighted by atomic mass is 16.2. The normalized spacial score (nSPS) is 13.4. The number of aromatic nitrogens is 6. The van der Waals surface area contributed by atoms with Crippen molar-refractivity contribution in [3.8, 4) is 5.82 Å². The molecule has 0 spiro atoms. The third-order valence-corrected chi connectivity index (χ3v) is 5.68. The molecule has 0 atom stereocenters. The van der Waals surface area contributed by atoms with Crippen LogP contribution in [0, 0.1) is 0 Å². The molecular formula is C23H23N7O3. The van der Waals surface area contributed by atoms with Crippen molar-refractivity contribution in [2.75, 3.05) is 0 Å². The summed E-state index contributed by atoms with van der Waals surface area (Å²) in [4.78, 5) is 49.8. The minimum atomic E-state index is -0.610. The number of nitrogens with zero attached hydrogens (tertiary/aromatic N) is 5. The lowest BCUT2D eigenvalue weighted by molar-refractivity contribution is 0.0952. The van der Waals surface area contributed by atoms with Gasteiger partial charge in [0.25, 0.3) is 11.5 Å². The molecule has 0 aliphatic heterocycles. The maximum atomic E-state index is 13.3. The zero-order valence-electron chi connectivity index (χ0n) is 18.1. The number of carbonyl (C=O) groups is 1. The quantitative estimate of drug-likeness (QED) is 0.447. The van der Waals surface area contributed by atoms with E-state index in [0.29, 0.717) is 18.8 Å². The van der Waals surface area contributed by atoms with Crippen LogP contribution in [-0.4, -0.2) is 35.2 Å². The molecule has 1 fully saturated rings. The fraction of sp³-hybridized carbons (Fsp3) is 0.304. The SMILES string of the molecule is CCCn1c(=O)[nH]c(=O)c2c(C(=O)NCc3cccnc3-n3cccn3)cc(C3CC3)nc21. The second-order valence-corrected chi connectivity index (χ2v) is 8.10. The van der Waals surface area contributed by atoms with E-state index in [-0.39, 0.29) is 29.1 Å². The number of H-pyrrole nitrogens is 1. The van der Waals surface area contributed by atoms with E-state index in [1.807, 2.05) is 13.0 Å². The Morgan fingerprint density at radius 1 is 1.24 bits per heavy atom. The number of rotatable bonds is 7. The molecule has 1 aliphatic carbocycles. The highest BCUT2D eigenvalue weighted by Gasteiger charge is 2.28. The van der Waals surface area contributed by atoms with Gasteiger partial charge in [-0.15, -0.1) is 0 Å². The molecule has 33 heavy (non-hydrogen) atoms. The minimum absolute atomic E-state index is 0.128. The molecule has 2 N–H and O–H groups in total. The first kappa shape index (κ1) is 20.8. The van der Waals surface area contributed by atoms with Gasteiger partial charge in [0.1, 0.15) is 0 Å². The van der Waals surface area contributed by atoms with Gasteiger partial charge in [0.15, 0.2) is 11.5 Å². The summed E-state index contributed by atoms with van der Waals surface area (Å²) in [5, 5.41) is 7.24. The fourth-order valence-corrected chi connectivity index (χ4v) is 3.93. The maximum absolute atomic E-state index is 13.3. The minimum Gasteiger partial charge on any atom is -0.348 e. The van der Waals surface area contributed by atoms with Gasteiger partial charge in [-0.3, -0.25) is 19.1 Å². The van der Waals surface area contributed by atoms with Gasteiger partial charge in [-0.1, -0.05) is 13.0 Å². The Hall–Kier alpha value is -4.08. The second-order valence-electron chi connectivity index (χ2n) is 8.10. The topological polar surface area (TPSA) is 128 Å². The Morgan fingerprint density at radius 2 is 2.09 bits per heavy atom. The van der Waals surface area contributed by atoms with Gasteiger partial charge in [-0.05, 0) is 37.5 Å². The zero-order chi connectivity index (χ0) is 22.9. The molecule has 4 aromatic heterocycles. The molecule has 1 saturated carbocycles. The van der Waals surface area contributed by atoms with Crippen LogP contribution >= 0.6 is 0 Å². The van der Waals surface area contributed by atoms with Gasteiger partial charge in [0.05, 0.1) is 10.9 Å². The highest BCUT2D eigenvalue weighted by molar-refractivity contribution is 6.05. The van der Waals surface area contributed by atoms with Crippen molar-refractivity contribution in [3.63, 3.8) is 0 Å². The van der Waals surface area contributed by atoms with Gasteiger partial charge >= 0.3 is 5.69 Å². The van der Waals surface area contributed by atoms with Crippen LogP contribution in [-0.2, 0) is 13.1 Å². The first-order chi connectivity index (χ1) is 16.1. The first-order valence-corrected chi connectivity index (χ1v) is 11.0. The molecule has 0 aromatic carbocycles. The van der Waals surface area contributed by atoms with Gasteiger partial charge in [0.2, 0.25) is 0 Å². The van der Waals surface area contributed by atoms with Crippen molar-refractivity contribution in [1.29, 1.82) is 0 Å². The summed E-state index contributed by atoms with van der Waals surface area (Å²) in [5.41, 5.74) is 0.867. The summed E-state index contributed by atoms with van der Waals surface area (Å²) in [6.07, 6.45) is 7.73. The largest absolute Gasteiger partial charge is 0.348 e. The Kier molecular flexibility index (Phi) is 5.33. The average Bonchev–Trinajstić information content (AvgIpc) is 3.53. The number of hydrogen-bond donors (Lipinski definition) is 2. The third kappa shape index (κ3) is 3.95. The number of amides is 1. The molecular weight excluding hydrogens is 422 g/mol. The molecule has 5 rings (SSSR count). The number of carbonyl (C=O) groups excluding carboxylic acids is 1. The van der Waals surface area contributed by atoms with Crippen LogP contribution in [0.15, 0.2) is 52.4 Å². The summed E-state index contributed by atoms with van der Waals surface area (Å²) >= 11 is 0. The lowest BCUT2D eigenvalue weighted by Gasteiger charge is -2.14. The number of pyridine rings is 2. The van der Waals surface area contributed by atoms with Gasteiger partial charge < -0.3 is 5.32 Å². The number of nitrogens with one attached hydrogen (secondary N) is 2. The monoisotopic (exact) mass is 445 g/mol. The van der Waals surface area contributed by atoms with E-state index < -0.39 is 17.2 Å². The van der Waals surface area contributed by atoms with Crippen LogP contribution in [0.5, 0.6) is 0 Å². The van der Waals surface area contributed by atoms with Crippen molar-refractivity contribution in [3.05, 3.63) is 80.5 Å². The number of fused-ring (bicyclic) bond motifs is 1. The lowest BCUT2D eigenvalue weighted by Crippen LogP contribution is -2.33. The molecule has 10 heteroatoms. The summed E-state index contributed by atoms with van der Waals surface area (Å²) in [6, 6.07) is 7.12. The van der Waals surface area contributed by atoms with Crippen molar-refractivity contribution in [1.82, 2.24) is 34.6 Å². The molecule has 4 aromatic rings. The molecule has 1 amide bonds. The highest BCUT2D eigenvalue weighted by Crippen LogP contribution is 2.39. The number of aromatic amines is 1. The average molecular weight is 445 g/mol. The summed E-state index contributed by atoms with van der Waals surface area (Å²) in [5.74, 6) is 0.442. The van der Waals surface area contributed by atoms with E-state index >= 15 is 0 Å². The Bertz CT molecular complexity index is 1450. The van der Waals surface area contributed by atoms with E-state index in [2.05, 4.69) is 25.4 Å². The number of hydrogen-bond acceptors (Lipinski definition) is 6.